The zero-order chi connectivity index (χ0) is 42.1. The predicted octanol–water partition coefficient (Wildman–Crippen LogP) is 14.9. The van der Waals surface area contributed by atoms with Crippen LogP contribution >= 0.6 is 0 Å². The summed E-state index contributed by atoms with van der Waals surface area (Å²) in [6, 6.07) is 53.1. The zero-order valence-electron chi connectivity index (χ0n) is 34.8. The zero-order valence-corrected chi connectivity index (χ0v) is 34.8. The van der Waals surface area contributed by atoms with Crippen molar-refractivity contribution in [2.75, 3.05) is 0 Å². The molecule has 1 aliphatic heterocycles. The first-order chi connectivity index (χ1) is 31.7. The van der Waals surface area contributed by atoms with E-state index in [0.29, 0.717) is 28.9 Å². The Hall–Kier alpha value is -8.29. The first-order valence-electron chi connectivity index (χ1n) is 22.0. The van der Waals surface area contributed by atoms with Crippen LogP contribution in [0.2, 0.25) is 0 Å². The Labute approximate surface area is 369 Å². The molecular weight excluding hydrogens is 787 g/mol. The van der Waals surface area contributed by atoms with Crippen LogP contribution in [0.25, 0.3) is 94.5 Å². The third-order valence-electron chi connectivity index (χ3n) is 12.7. The summed E-state index contributed by atoms with van der Waals surface area (Å²) in [6.45, 7) is 0. The molecule has 7 aromatic carbocycles. The fourth-order valence-corrected chi connectivity index (χ4v) is 9.72. The minimum absolute atomic E-state index is 0.660. The molecule has 7 nitrogen and oxygen atoms in total. The summed E-state index contributed by atoms with van der Waals surface area (Å²) in [5.41, 5.74) is 11.8. The van der Waals surface area contributed by atoms with Crippen molar-refractivity contribution in [2.45, 2.75) is 25.7 Å². The van der Waals surface area contributed by atoms with Gasteiger partial charge in [0.1, 0.15) is 5.52 Å². The largest absolute Gasteiger partial charge is 0.449 e. The van der Waals surface area contributed by atoms with Gasteiger partial charge in [0, 0.05) is 44.1 Å². The highest BCUT2D eigenvalue weighted by molar-refractivity contribution is 6.27. The van der Waals surface area contributed by atoms with E-state index in [4.69, 9.17) is 24.4 Å². The van der Waals surface area contributed by atoms with E-state index in [2.05, 4.69) is 155 Å². The summed E-state index contributed by atoms with van der Waals surface area (Å²) in [7, 11) is 0. The minimum Gasteiger partial charge on any atom is -0.449 e. The molecule has 0 bridgehead atoms. The quantitative estimate of drug-likeness (QED) is 0.167. The third-order valence-corrected chi connectivity index (χ3v) is 12.7. The van der Waals surface area contributed by atoms with Crippen molar-refractivity contribution in [3.05, 3.63) is 194 Å². The molecular formula is C57H39N5O2. The highest BCUT2D eigenvalue weighted by Crippen LogP contribution is 2.52. The molecule has 2 aliphatic carbocycles. The molecule has 10 aromatic rings. The van der Waals surface area contributed by atoms with Gasteiger partial charge >= 0.3 is 0 Å². The number of para-hydroxylation sites is 3. The molecule has 0 radical (unpaired) electrons. The van der Waals surface area contributed by atoms with Crippen LogP contribution < -0.4 is 9.47 Å². The maximum absolute atomic E-state index is 6.77. The maximum Gasteiger partial charge on any atom is 0.194 e. The third kappa shape index (κ3) is 5.85. The lowest BCUT2D eigenvalue weighted by Crippen LogP contribution is -2.03. The average Bonchev–Trinajstić information content (AvgIpc) is 3.90. The molecule has 304 valence electrons. The van der Waals surface area contributed by atoms with Gasteiger partial charge in [-0.25, -0.2) is 15.0 Å². The van der Waals surface area contributed by atoms with Crippen molar-refractivity contribution in [1.29, 1.82) is 0 Å². The lowest BCUT2D eigenvalue weighted by Gasteiger charge is -2.22. The van der Waals surface area contributed by atoms with Crippen LogP contribution in [0.4, 0.5) is 0 Å². The molecule has 0 atom stereocenters. The number of allylic oxidation sites excluding steroid dienone is 8. The summed E-state index contributed by atoms with van der Waals surface area (Å²) < 4.78 is 18.1. The SMILES string of the molecule is C1=CCCC(c2nc(-c3ccccc3)nc(-c3cccc(-c4ccc(-n5c6ccccc6c6ccc7c(c8ccc9c(c8n7C7=CCCC=C7)Oc7ccccc7O9)c65)cc4)c3)n2)=C1. The van der Waals surface area contributed by atoms with E-state index in [0.717, 1.165) is 109 Å². The standard InChI is InChI=1S/C57H39N5O2/c1-4-15-37(16-5-1)55-58-56(38-17-6-2-7-18-38)60-57(59-55)40-20-14-19-39(35-40)36-27-29-42(30-28-36)61-46-24-11-10-23-43(46)44-31-33-47-51(52(44)61)45-32-34-50-54(64-49-26-13-12-25-48(49)63-50)53(45)62(47)41-21-8-3-9-22-41/h1-2,4-6,8,10-17,19-35H,3,7,9,18H2. The molecule has 0 fully saturated rings. The Morgan fingerprint density at radius 1 is 0.469 bits per heavy atom. The first kappa shape index (κ1) is 36.4. The van der Waals surface area contributed by atoms with Crippen molar-refractivity contribution in [3.8, 4) is 62.6 Å². The lowest BCUT2D eigenvalue weighted by molar-refractivity contribution is 0.362. The summed E-state index contributed by atoms with van der Waals surface area (Å²) in [5.74, 6) is 4.92. The molecule has 7 heteroatoms. The van der Waals surface area contributed by atoms with E-state index >= 15 is 0 Å². The van der Waals surface area contributed by atoms with Crippen LogP contribution in [-0.2, 0) is 0 Å². The Morgan fingerprint density at radius 2 is 1.22 bits per heavy atom. The number of hydrogen-bond acceptors (Lipinski definition) is 5. The number of aromatic nitrogens is 5. The number of fused-ring (bicyclic) bond motifs is 10. The summed E-state index contributed by atoms with van der Waals surface area (Å²) in [5, 5.41) is 4.66. The second-order valence-corrected chi connectivity index (χ2v) is 16.6. The number of rotatable bonds is 6. The fraction of sp³-hybridized carbons (Fsp3) is 0.0702. The van der Waals surface area contributed by atoms with Gasteiger partial charge in [0.05, 0.1) is 16.6 Å². The molecule has 0 saturated heterocycles. The predicted molar refractivity (Wildman–Crippen MR) is 259 cm³/mol. The van der Waals surface area contributed by atoms with Gasteiger partial charge < -0.3 is 18.6 Å². The summed E-state index contributed by atoms with van der Waals surface area (Å²) in [4.78, 5) is 15.0. The van der Waals surface area contributed by atoms with Crippen LogP contribution in [0.5, 0.6) is 23.0 Å². The van der Waals surface area contributed by atoms with Crippen LogP contribution in [0.1, 0.15) is 31.5 Å². The molecule has 0 saturated carbocycles. The molecule has 3 aromatic heterocycles. The number of benzene rings is 7. The molecule has 64 heavy (non-hydrogen) atoms. The van der Waals surface area contributed by atoms with Gasteiger partial charge in [-0.05, 0) is 103 Å². The molecule has 3 aliphatic rings. The topological polar surface area (TPSA) is 67.0 Å². The number of hydrogen-bond donors (Lipinski definition) is 0. The summed E-state index contributed by atoms with van der Waals surface area (Å²) >= 11 is 0. The highest BCUT2D eigenvalue weighted by atomic mass is 16.6. The van der Waals surface area contributed by atoms with E-state index in [9.17, 15) is 0 Å². The average molecular weight is 826 g/mol. The maximum atomic E-state index is 6.77. The second kappa shape index (κ2) is 14.7. The minimum atomic E-state index is 0.660. The van der Waals surface area contributed by atoms with Crippen molar-refractivity contribution in [2.24, 2.45) is 0 Å². The van der Waals surface area contributed by atoms with E-state index < -0.39 is 0 Å². The van der Waals surface area contributed by atoms with Gasteiger partial charge in [0.15, 0.2) is 40.5 Å². The van der Waals surface area contributed by atoms with Crippen molar-refractivity contribution in [3.63, 3.8) is 0 Å². The number of nitrogens with zero attached hydrogens (tertiary/aromatic N) is 5. The van der Waals surface area contributed by atoms with Crippen molar-refractivity contribution < 1.29 is 9.47 Å². The molecule has 0 spiro atoms. The van der Waals surface area contributed by atoms with Crippen LogP contribution in [0, 0.1) is 0 Å². The van der Waals surface area contributed by atoms with Crippen LogP contribution in [0.15, 0.2) is 188 Å². The summed E-state index contributed by atoms with van der Waals surface area (Å²) in [6.07, 6.45) is 17.1. The van der Waals surface area contributed by atoms with Gasteiger partial charge in [0.25, 0.3) is 0 Å². The fourth-order valence-electron chi connectivity index (χ4n) is 9.72. The van der Waals surface area contributed by atoms with E-state index in [1.165, 1.54) is 10.8 Å². The first-order valence-corrected chi connectivity index (χ1v) is 22.0. The van der Waals surface area contributed by atoms with Gasteiger partial charge in [-0.15, -0.1) is 0 Å². The van der Waals surface area contributed by atoms with Crippen molar-refractivity contribution in [1.82, 2.24) is 24.1 Å². The van der Waals surface area contributed by atoms with Gasteiger partial charge in [0.2, 0.25) is 0 Å². The Kier molecular flexibility index (Phi) is 8.34. The lowest BCUT2D eigenvalue weighted by atomic mass is 10.0. The Balaban J connectivity index is 0.966. The smallest absolute Gasteiger partial charge is 0.194 e. The molecule has 0 N–H and O–H groups in total. The van der Waals surface area contributed by atoms with Crippen molar-refractivity contribution >= 4 is 54.9 Å². The monoisotopic (exact) mass is 825 g/mol. The molecule has 4 heterocycles. The normalized spacial score (nSPS) is 14.3. The molecule has 0 amide bonds. The Morgan fingerprint density at radius 3 is 2.05 bits per heavy atom. The van der Waals surface area contributed by atoms with Crippen LogP contribution in [-0.4, -0.2) is 24.1 Å². The Bertz CT molecular complexity index is 3660. The number of ether oxygens (including phenoxy) is 2. The van der Waals surface area contributed by atoms with Crippen LogP contribution in [0.3, 0.4) is 0 Å². The molecule has 0 unspecified atom stereocenters. The van der Waals surface area contributed by atoms with Gasteiger partial charge in [-0.2, -0.15) is 0 Å². The van der Waals surface area contributed by atoms with Gasteiger partial charge in [-0.3, -0.25) is 0 Å². The van der Waals surface area contributed by atoms with Gasteiger partial charge in [-0.1, -0.05) is 127 Å². The second-order valence-electron chi connectivity index (χ2n) is 16.6. The molecule has 13 rings (SSSR count). The highest BCUT2D eigenvalue weighted by Gasteiger charge is 2.28. The van der Waals surface area contributed by atoms with E-state index in [-0.39, 0.29) is 0 Å². The van der Waals surface area contributed by atoms with E-state index in [1.54, 1.807) is 0 Å². The van der Waals surface area contributed by atoms with E-state index in [1.807, 2.05) is 42.5 Å².